The number of fused-ring (bicyclic) bond motifs is 2. The molecule has 0 bridgehead atoms. The molecular formula is C24H35NO. The Morgan fingerprint density at radius 1 is 0.846 bits per heavy atom. The Balaban J connectivity index is 0.000000791. The van der Waals surface area contributed by atoms with Crippen LogP contribution in [0.4, 0.5) is 0 Å². The fraction of sp³-hybridized carbons (Fsp3) is 0.458. The van der Waals surface area contributed by atoms with Crippen LogP contribution in [0.2, 0.25) is 0 Å². The minimum absolute atomic E-state index is 0.520. The van der Waals surface area contributed by atoms with Crippen molar-refractivity contribution >= 4 is 6.29 Å². The summed E-state index contributed by atoms with van der Waals surface area (Å²) in [6, 6.07) is 16.9. The maximum absolute atomic E-state index is 12.4. The normalized spacial score (nSPS) is 13.8. The van der Waals surface area contributed by atoms with Crippen LogP contribution in [-0.2, 0) is 23.1 Å². The molecular weight excluding hydrogens is 318 g/mol. The Bertz CT molecular complexity index is 628. The summed E-state index contributed by atoms with van der Waals surface area (Å²) >= 11 is 0. The predicted molar refractivity (Wildman–Crippen MR) is 113 cm³/mol. The number of hydrogen-bond donors (Lipinski definition) is 0. The van der Waals surface area contributed by atoms with Gasteiger partial charge < -0.3 is 9.69 Å². The number of aldehydes is 1. The van der Waals surface area contributed by atoms with Gasteiger partial charge in [0.2, 0.25) is 0 Å². The third-order valence-corrected chi connectivity index (χ3v) is 4.81. The molecule has 26 heavy (non-hydrogen) atoms. The molecule has 0 unspecified atom stereocenters. The molecule has 0 aromatic heterocycles. The first kappa shape index (κ1) is 22.1. The Morgan fingerprint density at radius 3 is 1.65 bits per heavy atom. The second-order valence-electron chi connectivity index (χ2n) is 6.46. The van der Waals surface area contributed by atoms with E-state index in [1.807, 2.05) is 27.7 Å². The number of benzene rings is 2. The Hall–Kier alpha value is -1.93. The van der Waals surface area contributed by atoms with Crippen LogP contribution in [0.25, 0.3) is 0 Å². The van der Waals surface area contributed by atoms with E-state index < -0.39 is 5.41 Å². The molecule has 0 N–H and O–H groups in total. The van der Waals surface area contributed by atoms with Gasteiger partial charge >= 0.3 is 0 Å². The van der Waals surface area contributed by atoms with Crippen molar-refractivity contribution in [2.75, 3.05) is 20.6 Å². The van der Waals surface area contributed by atoms with Crippen molar-refractivity contribution in [3.8, 4) is 0 Å². The van der Waals surface area contributed by atoms with E-state index in [0.29, 0.717) is 0 Å². The van der Waals surface area contributed by atoms with Crippen LogP contribution in [0, 0.1) is 0 Å². The lowest BCUT2D eigenvalue weighted by molar-refractivity contribution is -0.111. The van der Waals surface area contributed by atoms with Gasteiger partial charge in [-0.05, 0) is 62.2 Å². The maximum Gasteiger partial charge on any atom is 0.135 e. The van der Waals surface area contributed by atoms with Crippen molar-refractivity contribution in [3.63, 3.8) is 0 Å². The SMILES string of the molecule is CC.CC.CN(C)CCC1(C=O)c2ccccc2CCc2ccccc21. The molecule has 3 rings (SSSR count). The zero-order chi connectivity index (χ0) is 19.6. The van der Waals surface area contributed by atoms with E-state index in [4.69, 9.17) is 0 Å². The van der Waals surface area contributed by atoms with Crippen molar-refractivity contribution < 1.29 is 4.79 Å². The summed E-state index contributed by atoms with van der Waals surface area (Å²) in [5.41, 5.74) is 4.48. The summed E-state index contributed by atoms with van der Waals surface area (Å²) in [4.78, 5) is 14.5. The van der Waals surface area contributed by atoms with Crippen LogP contribution in [0.3, 0.4) is 0 Å². The molecule has 0 aliphatic heterocycles. The van der Waals surface area contributed by atoms with Gasteiger partial charge in [-0.15, -0.1) is 0 Å². The molecule has 0 fully saturated rings. The summed E-state index contributed by atoms with van der Waals surface area (Å²) in [5.74, 6) is 0. The van der Waals surface area contributed by atoms with Crippen molar-refractivity contribution in [1.82, 2.24) is 4.90 Å². The van der Waals surface area contributed by atoms with Gasteiger partial charge in [0.05, 0.1) is 5.41 Å². The van der Waals surface area contributed by atoms with E-state index >= 15 is 0 Å². The van der Waals surface area contributed by atoms with Crippen LogP contribution >= 0.6 is 0 Å². The first-order valence-corrected chi connectivity index (χ1v) is 9.95. The number of rotatable bonds is 4. The lowest BCUT2D eigenvalue weighted by Crippen LogP contribution is -2.34. The number of nitrogens with zero attached hydrogens (tertiary/aromatic N) is 1. The van der Waals surface area contributed by atoms with E-state index in [1.54, 1.807) is 0 Å². The molecule has 1 aliphatic rings. The molecule has 0 saturated carbocycles. The van der Waals surface area contributed by atoms with Crippen molar-refractivity contribution in [1.29, 1.82) is 0 Å². The molecule has 142 valence electrons. The first-order valence-electron chi connectivity index (χ1n) is 9.95. The molecule has 0 amide bonds. The zero-order valence-electron chi connectivity index (χ0n) is 17.4. The summed E-state index contributed by atoms with van der Waals surface area (Å²) < 4.78 is 0. The van der Waals surface area contributed by atoms with E-state index in [1.165, 1.54) is 28.5 Å². The predicted octanol–water partition coefficient (Wildman–Crippen LogP) is 5.27. The minimum Gasteiger partial charge on any atom is -0.309 e. The second-order valence-corrected chi connectivity index (χ2v) is 6.46. The highest BCUT2D eigenvalue weighted by molar-refractivity contribution is 5.77. The number of aryl methyl sites for hydroxylation is 2. The molecule has 1 aliphatic carbocycles. The zero-order valence-corrected chi connectivity index (χ0v) is 17.4. The quantitative estimate of drug-likeness (QED) is 0.698. The van der Waals surface area contributed by atoms with Gasteiger partial charge in [-0.1, -0.05) is 76.2 Å². The number of carbonyl (C=O) groups excluding carboxylic acids is 1. The van der Waals surface area contributed by atoms with Crippen molar-refractivity contribution in [3.05, 3.63) is 70.8 Å². The highest BCUT2D eigenvalue weighted by atomic mass is 16.1. The summed E-state index contributed by atoms with van der Waals surface area (Å²) in [7, 11) is 4.13. The highest BCUT2D eigenvalue weighted by Gasteiger charge is 2.38. The van der Waals surface area contributed by atoms with E-state index in [-0.39, 0.29) is 0 Å². The lowest BCUT2D eigenvalue weighted by Gasteiger charge is -2.32. The third-order valence-electron chi connectivity index (χ3n) is 4.81. The monoisotopic (exact) mass is 353 g/mol. The van der Waals surface area contributed by atoms with Crippen molar-refractivity contribution in [2.45, 2.75) is 52.4 Å². The van der Waals surface area contributed by atoms with Crippen LogP contribution in [-0.4, -0.2) is 31.8 Å². The largest absolute Gasteiger partial charge is 0.309 e. The first-order chi connectivity index (χ1) is 12.7. The molecule has 2 aromatic carbocycles. The molecule has 0 saturated heterocycles. The fourth-order valence-electron chi connectivity index (χ4n) is 3.62. The average Bonchev–Trinajstić information content (AvgIpc) is 2.85. The van der Waals surface area contributed by atoms with E-state index in [0.717, 1.165) is 25.8 Å². The smallest absolute Gasteiger partial charge is 0.135 e. The summed E-state index contributed by atoms with van der Waals surface area (Å²) in [5, 5.41) is 0. The van der Waals surface area contributed by atoms with Gasteiger partial charge in [0.15, 0.2) is 0 Å². The van der Waals surface area contributed by atoms with Gasteiger partial charge in [-0.2, -0.15) is 0 Å². The number of hydrogen-bond acceptors (Lipinski definition) is 2. The molecule has 0 atom stereocenters. The number of carbonyl (C=O) groups is 1. The Morgan fingerprint density at radius 2 is 1.27 bits per heavy atom. The molecule has 0 heterocycles. The van der Waals surface area contributed by atoms with Crippen molar-refractivity contribution in [2.24, 2.45) is 0 Å². The molecule has 2 heteroatoms. The maximum atomic E-state index is 12.4. The molecule has 2 aromatic rings. The van der Waals surface area contributed by atoms with Crippen LogP contribution in [0.15, 0.2) is 48.5 Å². The third kappa shape index (κ3) is 4.62. The average molecular weight is 354 g/mol. The van der Waals surface area contributed by atoms with Crippen LogP contribution < -0.4 is 0 Å². The lowest BCUT2D eigenvalue weighted by atomic mass is 9.71. The van der Waals surface area contributed by atoms with E-state index in [2.05, 4.69) is 67.5 Å². The standard InChI is InChI=1S/C20H23NO.2C2H6/c1-21(2)14-13-20(15-22)18-9-5-3-7-16(18)11-12-17-8-4-6-10-19(17)20;2*1-2/h3-10,15H,11-14H2,1-2H3;2*1-2H3. The Kier molecular flexibility index (Phi) is 9.29. The minimum atomic E-state index is -0.520. The van der Waals surface area contributed by atoms with Gasteiger partial charge in [-0.25, -0.2) is 0 Å². The van der Waals surface area contributed by atoms with E-state index in [9.17, 15) is 4.79 Å². The van der Waals surface area contributed by atoms with Gasteiger partial charge in [-0.3, -0.25) is 0 Å². The Labute approximate surface area is 160 Å². The highest BCUT2D eigenvalue weighted by Crippen LogP contribution is 2.40. The topological polar surface area (TPSA) is 20.3 Å². The molecule has 2 nitrogen and oxygen atoms in total. The molecule has 0 radical (unpaired) electrons. The van der Waals surface area contributed by atoms with Gasteiger partial charge in [0.1, 0.15) is 6.29 Å². The fourth-order valence-corrected chi connectivity index (χ4v) is 3.62. The van der Waals surface area contributed by atoms with Crippen LogP contribution in [0.1, 0.15) is 56.4 Å². The second kappa shape index (κ2) is 10.9. The molecule has 0 spiro atoms. The summed E-state index contributed by atoms with van der Waals surface area (Å²) in [6.45, 7) is 8.89. The van der Waals surface area contributed by atoms with Gasteiger partial charge in [0, 0.05) is 0 Å². The van der Waals surface area contributed by atoms with Gasteiger partial charge in [0.25, 0.3) is 0 Å². The van der Waals surface area contributed by atoms with Crippen LogP contribution in [0.5, 0.6) is 0 Å². The summed E-state index contributed by atoms with van der Waals surface area (Å²) in [6.07, 6.45) is 4.01.